The molecule has 0 amide bonds. The third kappa shape index (κ3) is 1.88. The Morgan fingerprint density at radius 1 is 1.06 bits per heavy atom. The van der Waals surface area contributed by atoms with Crippen LogP contribution in [0.25, 0.3) is 5.65 Å². The molecule has 0 radical (unpaired) electrons. The maximum absolute atomic E-state index is 5.94. The van der Waals surface area contributed by atoms with Crippen LogP contribution in [0.4, 0.5) is 5.82 Å². The minimum atomic E-state index is 0.444. The molecule has 0 aliphatic carbocycles. The van der Waals surface area contributed by atoms with Crippen LogP contribution in [0, 0.1) is 0 Å². The summed E-state index contributed by atoms with van der Waals surface area (Å²) in [5.74, 6) is 1.50. The fourth-order valence-corrected chi connectivity index (χ4v) is 1.90. The molecule has 0 saturated heterocycles. The first-order chi connectivity index (χ1) is 8.84. The van der Waals surface area contributed by atoms with Crippen molar-refractivity contribution in [1.29, 1.82) is 0 Å². The number of hydrogen-bond acceptors (Lipinski definition) is 3. The van der Waals surface area contributed by atoms with Crippen molar-refractivity contribution >= 4 is 11.5 Å². The van der Waals surface area contributed by atoms with Gasteiger partial charge in [0.1, 0.15) is 23.8 Å². The van der Waals surface area contributed by atoms with E-state index in [9.17, 15) is 0 Å². The average molecular weight is 239 g/mol. The number of nitrogens with zero attached hydrogens (tertiary/aromatic N) is 2. The Morgan fingerprint density at radius 3 is 2.72 bits per heavy atom. The number of pyridine rings is 1. The van der Waals surface area contributed by atoms with Gasteiger partial charge < -0.3 is 10.5 Å². The van der Waals surface area contributed by atoms with Crippen LogP contribution in [0.5, 0.6) is 5.75 Å². The summed E-state index contributed by atoms with van der Waals surface area (Å²) in [5.41, 5.74) is 7.71. The summed E-state index contributed by atoms with van der Waals surface area (Å²) in [5, 5.41) is 0. The zero-order chi connectivity index (χ0) is 12.4. The maximum atomic E-state index is 5.94. The Morgan fingerprint density at radius 2 is 1.89 bits per heavy atom. The van der Waals surface area contributed by atoms with Crippen molar-refractivity contribution in [3.63, 3.8) is 0 Å². The molecule has 0 unspecified atom stereocenters. The number of imidazole rings is 1. The van der Waals surface area contributed by atoms with Crippen molar-refractivity contribution in [3.8, 4) is 5.75 Å². The molecule has 0 aliphatic rings. The van der Waals surface area contributed by atoms with E-state index in [0.717, 1.165) is 17.1 Å². The summed E-state index contributed by atoms with van der Waals surface area (Å²) in [6, 6.07) is 15.3. The predicted octanol–water partition coefficient (Wildman–Crippen LogP) is 2.50. The van der Waals surface area contributed by atoms with Gasteiger partial charge in [-0.1, -0.05) is 24.3 Å². The van der Waals surface area contributed by atoms with E-state index < -0.39 is 0 Å². The predicted molar refractivity (Wildman–Crippen MR) is 70.4 cm³/mol. The van der Waals surface area contributed by atoms with Crippen LogP contribution >= 0.6 is 0 Å². The van der Waals surface area contributed by atoms with Gasteiger partial charge in [-0.15, -0.1) is 0 Å². The van der Waals surface area contributed by atoms with Crippen LogP contribution in [0.1, 0.15) is 5.69 Å². The number of para-hydroxylation sites is 1. The molecule has 1 aromatic carbocycles. The molecule has 0 fully saturated rings. The highest BCUT2D eigenvalue weighted by Crippen LogP contribution is 2.15. The second kappa shape index (κ2) is 4.41. The molecule has 0 saturated carbocycles. The molecule has 4 heteroatoms. The second-order valence-corrected chi connectivity index (χ2v) is 4.00. The summed E-state index contributed by atoms with van der Waals surface area (Å²) >= 11 is 0. The maximum Gasteiger partial charge on any atom is 0.138 e. The summed E-state index contributed by atoms with van der Waals surface area (Å²) in [6.07, 6.45) is 1.79. The van der Waals surface area contributed by atoms with Crippen LogP contribution in [0.15, 0.2) is 54.7 Å². The lowest BCUT2D eigenvalue weighted by atomic mass is 10.3. The monoisotopic (exact) mass is 239 g/mol. The Kier molecular flexibility index (Phi) is 2.61. The van der Waals surface area contributed by atoms with Gasteiger partial charge in [-0.25, -0.2) is 4.98 Å². The number of aromatic nitrogens is 2. The molecule has 0 aliphatic heterocycles. The first-order valence-corrected chi connectivity index (χ1v) is 5.73. The standard InChI is InChI=1S/C14H13N3O/c15-13-7-4-8-14-16-9-11(17(13)14)10-18-12-5-2-1-3-6-12/h1-9H,10,15H2. The van der Waals surface area contributed by atoms with Gasteiger partial charge in [0, 0.05) is 0 Å². The number of rotatable bonds is 3. The van der Waals surface area contributed by atoms with E-state index in [1.807, 2.05) is 52.9 Å². The SMILES string of the molecule is Nc1cccc2ncc(COc3ccccc3)n12. The highest BCUT2D eigenvalue weighted by atomic mass is 16.5. The molecule has 2 aromatic heterocycles. The highest BCUT2D eigenvalue weighted by molar-refractivity contribution is 5.49. The van der Waals surface area contributed by atoms with Crippen LogP contribution in [0.2, 0.25) is 0 Å². The third-order valence-electron chi connectivity index (χ3n) is 2.76. The normalized spacial score (nSPS) is 10.7. The van der Waals surface area contributed by atoms with E-state index in [1.54, 1.807) is 6.20 Å². The molecular weight excluding hydrogens is 226 g/mol. The van der Waals surface area contributed by atoms with Gasteiger partial charge in [0.2, 0.25) is 0 Å². The number of ether oxygens (including phenoxy) is 1. The van der Waals surface area contributed by atoms with Crippen LogP contribution in [-0.4, -0.2) is 9.38 Å². The Balaban J connectivity index is 1.87. The molecule has 2 heterocycles. The number of nitrogen functional groups attached to an aromatic ring is 1. The zero-order valence-corrected chi connectivity index (χ0v) is 9.78. The fraction of sp³-hybridized carbons (Fsp3) is 0.0714. The van der Waals surface area contributed by atoms with Crippen LogP contribution < -0.4 is 10.5 Å². The van der Waals surface area contributed by atoms with Crippen molar-refractivity contribution in [2.75, 3.05) is 5.73 Å². The number of anilines is 1. The lowest BCUT2D eigenvalue weighted by molar-refractivity contribution is 0.300. The van der Waals surface area contributed by atoms with Gasteiger partial charge in [-0.05, 0) is 24.3 Å². The van der Waals surface area contributed by atoms with E-state index in [-0.39, 0.29) is 0 Å². The van der Waals surface area contributed by atoms with Gasteiger partial charge in [-0.2, -0.15) is 0 Å². The van der Waals surface area contributed by atoms with E-state index in [1.165, 1.54) is 0 Å². The molecule has 0 atom stereocenters. The van der Waals surface area contributed by atoms with Crippen molar-refractivity contribution in [2.24, 2.45) is 0 Å². The van der Waals surface area contributed by atoms with E-state index in [0.29, 0.717) is 12.4 Å². The number of nitrogens with two attached hydrogens (primary N) is 1. The lowest BCUT2D eigenvalue weighted by Gasteiger charge is -2.07. The van der Waals surface area contributed by atoms with Gasteiger partial charge >= 0.3 is 0 Å². The molecule has 0 spiro atoms. The molecule has 4 nitrogen and oxygen atoms in total. The van der Waals surface area contributed by atoms with E-state index >= 15 is 0 Å². The van der Waals surface area contributed by atoms with Gasteiger partial charge in [-0.3, -0.25) is 4.40 Å². The van der Waals surface area contributed by atoms with Crippen molar-refractivity contribution in [3.05, 3.63) is 60.4 Å². The Bertz CT molecular complexity index is 661. The zero-order valence-electron chi connectivity index (χ0n) is 9.78. The van der Waals surface area contributed by atoms with Gasteiger partial charge in [0.15, 0.2) is 0 Å². The first kappa shape index (κ1) is 10.7. The molecule has 0 bridgehead atoms. The highest BCUT2D eigenvalue weighted by Gasteiger charge is 2.05. The largest absolute Gasteiger partial charge is 0.487 e. The molecule has 18 heavy (non-hydrogen) atoms. The van der Waals surface area contributed by atoms with E-state index in [4.69, 9.17) is 10.5 Å². The lowest BCUT2D eigenvalue weighted by Crippen LogP contribution is -2.03. The molecule has 2 N–H and O–H groups in total. The fourth-order valence-electron chi connectivity index (χ4n) is 1.90. The Labute approximate surface area is 105 Å². The third-order valence-corrected chi connectivity index (χ3v) is 2.76. The number of benzene rings is 1. The minimum absolute atomic E-state index is 0.444. The summed E-state index contributed by atoms with van der Waals surface area (Å²) in [7, 11) is 0. The van der Waals surface area contributed by atoms with E-state index in [2.05, 4.69) is 4.98 Å². The molecule has 3 aromatic rings. The number of fused-ring (bicyclic) bond motifs is 1. The van der Waals surface area contributed by atoms with Gasteiger partial charge in [0.05, 0.1) is 11.9 Å². The first-order valence-electron chi connectivity index (χ1n) is 5.73. The van der Waals surface area contributed by atoms with Crippen molar-refractivity contribution in [1.82, 2.24) is 9.38 Å². The average Bonchev–Trinajstić information content (AvgIpc) is 2.82. The van der Waals surface area contributed by atoms with Crippen LogP contribution in [-0.2, 0) is 6.61 Å². The van der Waals surface area contributed by atoms with Crippen molar-refractivity contribution < 1.29 is 4.74 Å². The van der Waals surface area contributed by atoms with Crippen LogP contribution in [0.3, 0.4) is 0 Å². The van der Waals surface area contributed by atoms with Gasteiger partial charge in [0.25, 0.3) is 0 Å². The minimum Gasteiger partial charge on any atom is -0.487 e. The summed E-state index contributed by atoms with van der Waals surface area (Å²) in [6.45, 7) is 0.444. The topological polar surface area (TPSA) is 52.5 Å². The Hall–Kier alpha value is -2.49. The smallest absolute Gasteiger partial charge is 0.138 e. The second-order valence-electron chi connectivity index (χ2n) is 4.00. The molecule has 3 rings (SSSR count). The summed E-state index contributed by atoms with van der Waals surface area (Å²) in [4.78, 5) is 4.29. The van der Waals surface area contributed by atoms with Crippen molar-refractivity contribution in [2.45, 2.75) is 6.61 Å². The number of hydrogen-bond donors (Lipinski definition) is 1. The summed E-state index contributed by atoms with van der Waals surface area (Å²) < 4.78 is 7.59. The molecule has 90 valence electrons. The molecular formula is C14H13N3O. The quantitative estimate of drug-likeness (QED) is 0.764.